The van der Waals surface area contributed by atoms with Crippen LogP contribution in [0.5, 0.6) is 0 Å². The molecule has 9 nitrogen and oxygen atoms in total. The first kappa shape index (κ1) is 23.8. The minimum absolute atomic E-state index is 0.0227. The first-order chi connectivity index (χ1) is 16.5. The number of halogens is 1. The SMILES string of the molecule is Cc1cc(C(=O)Nc2ccc(-c3ccccc3S(N)(=O)=O)c(F)c2)n(-c2cccc(C(=N)N)c2)n1. The maximum Gasteiger partial charge on any atom is 0.274 e. The molecule has 11 heteroatoms. The molecule has 178 valence electrons. The van der Waals surface area contributed by atoms with Gasteiger partial charge in [-0.2, -0.15) is 5.10 Å². The summed E-state index contributed by atoms with van der Waals surface area (Å²) in [7, 11) is -4.07. The van der Waals surface area contributed by atoms with E-state index in [0.29, 0.717) is 16.9 Å². The highest BCUT2D eigenvalue weighted by molar-refractivity contribution is 7.89. The molecule has 4 aromatic rings. The fourth-order valence-corrected chi connectivity index (χ4v) is 4.36. The van der Waals surface area contributed by atoms with E-state index in [9.17, 15) is 17.6 Å². The molecule has 1 heterocycles. The fourth-order valence-electron chi connectivity index (χ4n) is 3.61. The van der Waals surface area contributed by atoms with Crippen LogP contribution in [-0.2, 0) is 10.0 Å². The number of hydrogen-bond acceptors (Lipinski definition) is 5. The molecule has 0 fully saturated rings. The third kappa shape index (κ3) is 4.95. The maximum absolute atomic E-state index is 15.0. The zero-order valence-electron chi connectivity index (χ0n) is 18.5. The summed E-state index contributed by atoms with van der Waals surface area (Å²) in [6, 6.07) is 18.0. The van der Waals surface area contributed by atoms with Gasteiger partial charge in [-0.25, -0.2) is 22.6 Å². The number of benzene rings is 3. The number of sulfonamides is 1. The highest BCUT2D eigenvalue weighted by Crippen LogP contribution is 2.30. The Hall–Kier alpha value is -4.35. The zero-order chi connectivity index (χ0) is 25.3. The topological polar surface area (TPSA) is 157 Å². The number of nitrogens with one attached hydrogen (secondary N) is 2. The van der Waals surface area contributed by atoms with Crippen LogP contribution in [0.3, 0.4) is 0 Å². The second-order valence-electron chi connectivity index (χ2n) is 7.74. The van der Waals surface area contributed by atoms with Crippen molar-refractivity contribution in [2.75, 3.05) is 5.32 Å². The van der Waals surface area contributed by atoms with Crippen LogP contribution in [0.4, 0.5) is 10.1 Å². The Kier molecular flexibility index (Phi) is 6.20. The Morgan fingerprint density at radius 2 is 1.77 bits per heavy atom. The van der Waals surface area contributed by atoms with Crippen LogP contribution in [0.1, 0.15) is 21.7 Å². The zero-order valence-corrected chi connectivity index (χ0v) is 19.3. The quantitative estimate of drug-likeness (QED) is 0.240. The van der Waals surface area contributed by atoms with Gasteiger partial charge in [0.05, 0.1) is 16.3 Å². The van der Waals surface area contributed by atoms with Crippen molar-refractivity contribution in [3.05, 3.63) is 95.6 Å². The minimum Gasteiger partial charge on any atom is -0.384 e. The van der Waals surface area contributed by atoms with Crippen LogP contribution in [0.15, 0.2) is 77.7 Å². The molecule has 0 aliphatic heterocycles. The molecule has 1 amide bonds. The number of carbonyl (C=O) groups excluding carboxylic acids is 1. The van der Waals surface area contributed by atoms with E-state index in [1.807, 2.05) is 0 Å². The molecule has 0 saturated heterocycles. The molecule has 3 aromatic carbocycles. The minimum atomic E-state index is -4.07. The number of aromatic nitrogens is 2. The largest absolute Gasteiger partial charge is 0.384 e. The maximum atomic E-state index is 15.0. The van der Waals surface area contributed by atoms with E-state index >= 15 is 0 Å². The molecule has 0 bridgehead atoms. The van der Waals surface area contributed by atoms with E-state index in [1.54, 1.807) is 43.3 Å². The van der Waals surface area contributed by atoms with Crippen LogP contribution in [0, 0.1) is 18.2 Å². The molecular weight excluding hydrogens is 471 g/mol. The molecule has 1 aromatic heterocycles. The number of rotatable bonds is 6. The third-order valence-electron chi connectivity index (χ3n) is 5.18. The standard InChI is InChI=1S/C24H21FN6O3S/c1-14-11-21(31(30-14)17-6-4-5-15(12-17)23(26)27)24(32)29-16-9-10-18(20(25)13-16)19-7-2-3-8-22(19)35(28,33)34/h2-13H,1H3,(H3,26,27)(H,29,32)(H2,28,33,34). The number of carbonyl (C=O) groups is 1. The van der Waals surface area contributed by atoms with Gasteiger partial charge in [-0.05, 0) is 49.4 Å². The molecule has 0 unspecified atom stereocenters. The highest BCUT2D eigenvalue weighted by Gasteiger charge is 2.19. The predicted molar refractivity (Wildman–Crippen MR) is 130 cm³/mol. The summed E-state index contributed by atoms with van der Waals surface area (Å²) in [5.41, 5.74) is 7.62. The van der Waals surface area contributed by atoms with Crippen molar-refractivity contribution in [1.82, 2.24) is 9.78 Å². The Morgan fingerprint density at radius 1 is 1.03 bits per heavy atom. The molecule has 0 aliphatic carbocycles. The molecule has 0 aliphatic rings. The van der Waals surface area contributed by atoms with Gasteiger partial charge in [-0.3, -0.25) is 10.2 Å². The molecule has 0 saturated carbocycles. The monoisotopic (exact) mass is 492 g/mol. The van der Waals surface area contributed by atoms with E-state index in [0.717, 1.165) is 6.07 Å². The van der Waals surface area contributed by atoms with Crippen LogP contribution >= 0.6 is 0 Å². The van der Waals surface area contributed by atoms with Crippen LogP contribution in [-0.4, -0.2) is 29.9 Å². The van der Waals surface area contributed by atoms with Gasteiger partial charge in [0.15, 0.2) is 0 Å². The number of aryl methyl sites for hydroxylation is 1. The molecule has 0 atom stereocenters. The normalized spacial score (nSPS) is 11.3. The average molecular weight is 493 g/mol. The summed E-state index contributed by atoms with van der Waals surface area (Å²) in [5.74, 6) is -1.41. The van der Waals surface area contributed by atoms with Gasteiger partial charge >= 0.3 is 0 Å². The van der Waals surface area contributed by atoms with Crippen molar-refractivity contribution < 1.29 is 17.6 Å². The third-order valence-corrected chi connectivity index (χ3v) is 6.15. The van der Waals surface area contributed by atoms with Crippen molar-refractivity contribution in [3.8, 4) is 16.8 Å². The smallest absolute Gasteiger partial charge is 0.274 e. The van der Waals surface area contributed by atoms with E-state index in [2.05, 4.69) is 10.4 Å². The molecule has 35 heavy (non-hydrogen) atoms. The van der Waals surface area contributed by atoms with Gasteiger partial charge in [-0.1, -0.05) is 30.3 Å². The van der Waals surface area contributed by atoms with Gasteiger partial charge in [0, 0.05) is 22.4 Å². The second kappa shape index (κ2) is 9.12. The lowest BCUT2D eigenvalue weighted by Crippen LogP contribution is -2.18. The van der Waals surface area contributed by atoms with Gasteiger partial charge < -0.3 is 11.1 Å². The number of hydrogen-bond donors (Lipinski definition) is 4. The molecule has 4 rings (SSSR count). The summed E-state index contributed by atoms with van der Waals surface area (Å²) in [6.07, 6.45) is 0. The van der Waals surface area contributed by atoms with Crippen molar-refractivity contribution >= 4 is 27.5 Å². The van der Waals surface area contributed by atoms with Crippen LogP contribution < -0.4 is 16.2 Å². The van der Waals surface area contributed by atoms with E-state index in [4.69, 9.17) is 16.3 Å². The van der Waals surface area contributed by atoms with E-state index < -0.39 is 21.7 Å². The first-order valence-corrected chi connectivity index (χ1v) is 11.8. The number of nitrogens with zero attached hydrogens (tertiary/aromatic N) is 2. The fraction of sp³-hybridized carbons (Fsp3) is 0.0417. The summed E-state index contributed by atoms with van der Waals surface area (Å²) in [5, 5.41) is 19.9. The number of amidine groups is 1. The van der Waals surface area contributed by atoms with Crippen molar-refractivity contribution in [2.45, 2.75) is 11.8 Å². The highest BCUT2D eigenvalue weighted by atomic mass is 32.2. The number of nitrogen functional groups attached to an aromatic ring is 1. The Bertz CT molecular complexity index is 1580. The predicted octanol–water partition coefficient (Wildman–Crippen LogP) is 3.17. The lowest BCUT2D eigenvalue weighted by Gasteiger charge is -2.12. The number of nitrogens with two attached hydrogens (primary N) is 2. The summed E-state index contributed by atoms with van der Waals surface area (Å²) in [6.45, 7) is 1.72. The molecule has 0 spiro atoms. The summed E-state index contributed by atoms with van der Waals surface area (Å²) >= 11 is 0. The molecule has 6 N–H and O–H groups in total. The van der Waals surface area contributed by atoms with Crippen LogP contribution in [0.25, 0.3) is 16.8 Å². The Morgan fingerprint density at radius 3 is 2.46 bits per heavy atom. The van der Waals surface area contributed by atoms with Crippen molar-refractivity contribution in [2.24, 2.45) is 10.9 Å². The number of amides is 1. The van der Waals surface area contributed by atoms with Gasteiger partial charge in [0.1, 0.15) is 17.3 Å². The second-order valence-corrected chi connectivity index (χ2v) is 9.27. The van der Waals surface area contributed by atoms with Crippen LogP contribution in [0.2, 0.25) is 0 Å². The van der Waals surface area contributed by atoms with E-state index in [1.165, 1.54) is 35.0 Å². The van der Waals surface area contributed by atoms with Crippen molar-refractivity contribution in [1.29, 1.82) is 5.41 Å². The Labute approximate surface area is 200 Å². The average Bonchev–Trinajstić information content (AvgIpc) is 3.20. The van der Waals surface area contributed by atoms with Gasteiger partial charge in [-0.15, -0.1) is 0 Å². The van der Waals surface area contributed by atoms with Gasteiger partial charge in [0.2, 0.25) is 10.0 Å². The molecular formula is C24H21FN6O3S. The molecule has 0 radical (unpaired) electrons. The van der Waals surface area contributed by atoms with Crippen molar-refractivity contribution in [3.63, 3.8) is 0 Å². The van der Waals surface area contributed by atoms with E-state index in [-0.39, 0.29) is 33.2 Å². The summed E-state index contributed by atoms with van der Waals surface area (Å²) in [4.78, 5) is 12.8. The Balaban J connectivity index is 1.65. The number of anilines is 1. The summed E-state index contributed by atoms with van der Waals surface area (Å²) < 4.78 is 40.2. The lowest BCUT2D eigenvalue weighted by molar-refractivity contribution is 0.101. The van der Waals surface area contributed by atoms with Gasteiger partial charge in [0.25, 0.3) is 5.91 Å². The first-order valence-electron chi connectivity index (χ1n) is 10.3. The number of primary sulfonamides is 1. The lowest BCUT2D eigenvalue weighted by atomic mass is 10.0.